The Hall–Kier alpha value is -4.67. The summed E-state index contributed by atoms with van der Waals surface area (Å²) in [5.74, 6) is 1.97. The van der Waals surface area contributed by atoms with Gasteiger partial charge in [0.05, 0.1) is 39.8 Å². The number of hydrogen-bond donors (Lipinski definition) is 0. The lowest BCUT2D eigenvalue weighted by atomic mass is 10.1. The second-order valence-corrected chi connectivity index (χ2v) is 7.51. The van der Waals surface area contributed by atoms with Crippen LogP contribution in [0, 0.1) is 6.92 Å². The van der Waals surface area contributed by atoms with E-state index in [9.17, 15) is 4.79 Å². The van der Waals surface area contributed by atoms with Gasteiger partial charge in [0.25, 0.3) is 0 Å². The van der Waals surface area contributed by atoms with Gasteiger partial charge in [0.1, 0.15) is 16.7 Å². The molecule has 178 valence electrons. The first-order valence-electron chi connectivity index (χ1n) is 10.5. The van der Waals surface area contributed by atoms with Crippen molar-refractivity contribution >= 4 is 22.1 Å². The number of methoxy groups -OCH3 is 4. The first-order valence-corrected chi connectivity index (χ1v) is 10.5. The van der Waals surface area contributed by atoms with Gasteiger partial charge < -0.3 is 23.4 Å². The molecule has 0 bridgehead atoms. The molecule has 2 aromatic carbocycles. The largest absolute Gasteiger partial charge is 0.497 e. The predicted molar refractivity (Wildman–Crippen MR) is 127 cm³/mol. The maximum Gasteiger partial charge on any atom is 0.349 e. The molecule has 35 heavy (non-hydrogen) atoms. The molecule has 5 aromatic rings. The summed E-state index contributed by atoms with van der Waals surface area (Å²) in [5.41, 5.74) is 2.19. The van der Waals surface area contributed by atoms with E-state index in [4.69, 9.17) is 23.4 Å². The number of hydrogen-bond acceptors (Lipinski definition) is 10. The van der Waals surface area contributed by atoms with Crippen LogP contribution in [0.5, 0.6) is 23.0 Å². The maximum atomic E-state index is 13.0. The maximum absolute atomic E-state index is 13.0. The topological polar surface area (TPSA) is 124 Å². The average molecular weight is 475 g/mol. The van der Waals surface area contributed by atoms with E-state index in [1.54, 1.807) is 30.8 Å². The van der Waals surface area contributed by atoms with Gasteiger partial charge in [-0.25, -0.2) is 14.8 Å². The highest BCUT2D eigenvalue weighted by molar-refractivity contribution is 6.00. The van der Waals surface area contributed by atoms with Gasteiger partial charge in [0.2, 0.25) is 11.6 Å². The van der Waals surface area contributed by atoms with Gasteiger partial charge in [-0.05, 0) is 43.3 Å². The summed E-state index contributed by atoms with van der Waals surface area (Å²) in [6, 6.07) is 10.6. The van der Waals surface area contributed by atoms with Crippen LogP contribution in [-0.4, -0.2) is 53.4 Å². The van der Waals surface area contributed by atoms with Crippen LogP contribution < -0.4 is 24.6 Å². The minimum absolute atomic E-state index is 0.0626. The summed E-state index contributed by atoms with van der Waals surface area (Å²) in [5, 5.41) is 8.77. The molecular formula is C24H21N5O6. The summed E-state index contributed by atoms with van der Waals surface area (Å²) in [7, 11) is 6.11. The van der Waals surface area contributed by atoms with E-state index < -0.39 is 5.63 Å². The fraction of sp³-hybridized carbons (Fsp3) is 0.208. The summed E-state index contributed by atoms with van der Waals surface area (Å²) in [6.45, 7) is 1.71. The van der Waals surface area contributed by atoms with Gasteiger partial charge in [-0.15, -0.1) is 5.10 Å². The summed E-state index contributed by atoms with van der Waals surface area (Å²) < 4.78 is 28.6. The molecular weight excluding hydrogens is 454 g/mol. The van der Waals surface area contributed by atoms with Crippen LogP contribution in [0.25, 0.3) is 39.2 Å². The number of pyridine rings is 1. The Morgan fingerprint density at radius 1 is 0.857 bits per heavy atom. The standard InChI is InChI=1S/C24H21N5O6/c1-12-18-19(20-22(25-12)29(28-27-20)14-6-8-15(31-2)9-7-14)26-23(35-24(18)30)13-10-16(32-3)21(34-5)17(11-13)33-4/h6-11H,1-5H3. The van der Waals surface area contributed by atoms with E-state index in [2.05, 4.69) is 20.3 Å². The first-order chi connectivity index (χ1) is 17.0. The van der Waals surface area contributed by atoms with Crippen molar-refractivity contribution in [1.82, 2.24) is 25.0 Å². The molecule has 0 spiro atoms. The van der Waals surface area contributed by atoms with Crippen LogP contribution in [0.4, 0.5) is 0 Å². The van der Waals surface area contributed by atoms with Crippen molar-refractivity contribution in [2.75, 3.05) is 28.4 Å². The lowest BCUT2D eigenvalue weighted by molar-refractivity contribution is 0.324. The van der Waals surface area contributed by atoms with E-state index in [0.717, 1.165) is 5.69 Å². The monoisotopic (exact) mass is 475 g/mol. The average Bonchev–Trinajstić information content (AvgIpc) is 3.31. The highest BCUT2D eigenvalue weighted by Crippen LogP contribution is 2.41. The second-order valence-electron chi connectivity index (χ2n) is 7.51. The molecule has 0 radical (unpaired) electrons. The lowest BCUT2D eigenvalue weighted by Gasteiger charge is -2.13. The molecule has 0 aliphatic carbocycles. The number of benzene rings is 2. The van der Waals surface area contributed by atoms with Crippen LogP contribution >= 0.6 is 0 Å². The smallest absolute Gasteiger partial charge is 0.349 e. The van der Waals surface area contributed by atoms with Crippen LogP contribution in [0.15, 0.2) is 45.6 Å². The lowest BCUT2D eigenvalue weighted by Crippen LogP contribution is -2.08. The van der Waals surface area contributed by atoms with E-state index in [1.807, 2.05) is 24.3 Å². The van der Waals surface area contributed by atoms with Crippen molar-refractivity contribution in [3.63, 3.8) is 0 Å². The number of fused-ring (bicyclic) bond motifs is 3. The Morgan fingerprint density at radius 2 is 1.54 bits per heavy atom. The van der Waals surface area contributed by atoms with Gasteiger partial charge in [0.15, 0.2) is 22.7 Å². The molecule has 3 heterocycles. The van der Waals surface area contributed by atoms with Crippen molar-refractivity contribution in [3.8, 4) is 40.1 Å². The Bertz CT molecular complexity index is 1600. The zero-order valence-corrected chi connectivity index (χ0v) is 19.6. The molecule has 0 atom stereocenters. The highest BCUT2D eigenvalue weighted by Gasteiger charge is 2.21. The quantitative estimate of drug-likeness (QED) is 0.361. The number of ether oxygens (including phenoxy) is 4. The van der Waals surface area contributed by atoms with E-state index in [0.29, 0.717) is 50.9 Å². The van der Waals surface area contributed by atoms with Crippen LogP contribution in [0.1, 0.15) is 5.69 Å². The van der Waals surface area contributed by atoms with Crippen molar-refractivity contribution in [2.45, 2.75) is 6.92 Å². The molecule has 11 nitrogen and oxygen atoms in total. The predicted octanol–water partition coefficient (Wildman–Crippen LogP) is 3.33. The summed E-state index contributed by atoms with van der Waals surface area (Å²) >= 11 is 0. The summed E-state index contributed by atoms with van der Waals surface area (Å²) in [6.07, 6.45) is 0. The fourth-order valence-corrected chi connectivity index (χ4v) is 3.88. The van der Waals surface area contributed by atoms with Crippen LogP contribution in [0.3, 0.4) is 0 Å². The third kappa shape index (κ3) is 3.57. The minimum atomic E-state index is -0.593. The Morgan fingerprint density at radius 3 is 2.14 bits per heavy atom. The van der Waals surface area contributed by atoms with E-state index >= 15 is 0 Å². The zero-order valence-electron chi connectivity index (χ0n) is 19.6. The Kier molecular flexibility index (Phi) is 5.44. The molecule has 5 rings (SSSR count). The molecule has 0 fully saturated rings. The van der Waals surface area contributed by atoms with E-state index in [-0.39, 0.29) is 11.3 Å². The SMILES string of the molecule is COc1ccc(-n2nnc3c4nc(-c5cc(OC)c(OC)c(OC)c5)oc(=O)c4c(C)nc32)cc1. The molecule has 0 aliphatic heterocycles. The highest BCUT2D eigenvalue weighted by atomic mass is 16.5. The zero-order chi connectivity index (χ0) is 24.7. The van der Waals surface area contributed by atoms with Crippen LogP contribution in [0.2, 0.25) is 0 Å². The third-order valence-corrected chi connectivity index (χ3v) is 5.58. The number of rotatable bonds is 6. The van der Waals surface area contributed by atoms with Gasteiger partial charge in [-0.2, -0.15) is 4.68 Å². The van der Waals surface area contributed by atoms with Gasteiger partial charge >= 0.3 is 5.63 Å². The number of aromatic nitrogens is 5. The fourth-order valence-electron chi connectivity index (χ4n) is 3.88. The molecule has 0 N–H and O–H groups in total. The molecule has 0 saturated carbocycles. The number of nitrogens with zero attached hydrogens (tertiary/aromatic N) is 5. The van der Waals surface area contributed by atoms with Gasteiger partial charge in [-0.1, -0.05) is 5.21 Å². The van der Waals surface area contributed by atoms with Crippen molar-refractivity contribution in [3.05, 3.63) is 52.5 Å². The first kappa shape index (κ1) is 22.1. The van der Waals surface area contributed by atoms with Crippen LogP contribution in [-0.2, 0) is 0 Å². The van der Waals surface area contributed by atoms with Gasteiger partial charge in [0, 0.05) is 5.56 Å². The van der Waals surface area contributed by atoms with Crippen molar-refractivity contribution in [1.29, 1.82) is 0 Å². The summed E-state index contributed by atoms with van der Waals surface area (Å²) in [4.78, 5) is 22.2. The molecule has 0 saturated heterocycles. The van der Waals surface area contributed by atoms with Crippen molar-refractivity contribution in [2.24, 2.45) is 0 Å². The molecule has 11 heteroatoms. The molecule has 3 aromatic heterocycles. The molecule has 0 amide bonds. The molecule has 0 unspecified atom stereocenters. The van der Waals surface area contributed by atoms with Crippen molar-refractivity contribution < 1.29 is 23.4 Å². The van der Waals surface area contributed by atoms with Gasteiger partial charge in [-0.3, -0.25) is 0 Å². The third-order valence-electron chi connectivity index (χ3n) is 5.58. The second kappa shape index (κ2) is 8.60. The minimum Gasteiger partial charge on any atom is -0.497 e. The van der Waals surface area contributed by atoms with E-state index in [1.165, 1.54) is 21.3 Å². The Labute approximate surface area is 198 Å². The Balaban J connectivity index is 1.75. The number of aryl methyl sites for hydroxylation is 1. The normalized spacial score (nSPS) is 11.1. The molecule has 0 aliphatic rings.